The summed E-state index contributed by atoms with van der Waals surface area (Å²) in [7, 11) is 0. The van der Waals surface area contributed by atoms with Gasteiger partial charge in [-0.05, 0) is 55.0 Å². The third-order valence-electron chi connectivity index (χ3n) is 3.90. The Labute approximate surface area is 146 Å². The molecule has 1 aliphatic rings. The predicted molar refractivity (Wildman–Crippen MR) is 96.9 cm³/mol. The highest BCUT2D eigenvalue weighted by Gasteiger charge is 2.21. The van der Waals surface area contributed by atoms with Gasteiger partial charge in [-0.1, -0.05) is 23.7 Å². The minimum atomic E-state index is -0.437. The summed E-state index contributed by atoms with van der Waals surface area (Å²) in [6.45, 7) is -0.00290. The first-order valence-electron chi connectivity index (χ1n) is 7.96. The molecule has 0 aromatic heterocycles. The van der Waals surface area contributed by atoms with Crippen molar-refractivity contribution in [3.63, 3.8) is 0 Å². The second kappa shape index (κ2) is 8.66. The van der Waals surface area contributed by atoms with Crippen molar-refractivity contribution in [2.24, 2.45) is 5.73 Å². The summed E-state index contributed by atoms with van der Waals surface area (Å²) in [5.74, 6) is -0.437. The normalized spacial score (nSPS) is 19.1. The average Bonchev–Trinajstić information content (AvgIpc) is 2.74. The molecule has 0 saturated heterocycles. The fourth-order valence-corrected chi connectivity index (χ4v) is 2.87. The molecule has 6 heteroatoms. The van der Waals surface area contributed by atoms with Gasteiger partial charge in [0.2, 0.25) is 0 Å². The molecule has 1 aromatic rings. The number of aliphatic hydroxyl groups is 1. The Morgan fingerprint density at radius 3 is 2.83 bits per heavy atom. The standard InChI is InChI=1S/C18H22ClN3O2/c19-14-6-3-4-12(11-14)10-13-5-1-2-7-15(16(13)20)17(21)18(24)22-8-9-23/h3-4,6,10-11,20,23H,1-2,5,7-9,21H2,(H,22,24)/b13-10+,17-15-,20-16?. The zero-order valence-corrected chi connectivity index (χ0v) is 14.2. The monoisotopic (exact) mass is 347 g/mol. The SMILES string of the molecule is N=C1/C(=C(\N)C(=O)NCCO)CCCC/C1=C\c1cccc(Cl)c1. The van der Waals surface area contributed by atoms with E-state index in [0.717, 1.165) is 30.4 Å². The van der Waals surface area contributed by atoms with Gasteiger partial charge in [-0.25, -0.2) is 0 Å². The van der Waals surface area contributed by atoms with Crippen LogP contribution in [0, 0.1) is 5.41 Å². The Bertz CT molecular complexity index is 695. The van der Waals surface area contributed by atoms with Gasteiger partial charge >= 0.3 is 0 Å². The molecule has 0 aliphatic heterocycles. The van der Waals surface area contributed by atoms with E-state index in [0.29, 0.717) is 22.7 Å². The molecule has 1 aliphatic carbocycles. The van der Waals surface area contributed by atoms with Crippen LogP contribution in [0.25, 0.3) is 6.08 Å². The van der Waals surface area contributed by atoms with Crippen molar-refractivity contribution in [3.05, 3.63) is 51.7 Å². The van der Waals surface area contributed by atoms with Gasteiger partial charge < -0.3 is 21.6 Å². The van der Waals surface area contributed by atoms with Gasteiger partial charge in [0.25, 0.3) is 5.91 Å². The van der Waals surface area contributed by atoms with E-state index in [1.165, 1.54) is 0 Å². The van der Waals surface area contributed by atoms with Gasteiger partial charge in [-0.2, -0.15) is 0 Å². The lowest BCUT2D eigenvalue weighted by atomic mass is 9.97. The van der Waals surface area contributed by atoms with E-state index in [-0.39, 0.29) is 18.8 Å². The number of rotatable bonds is 4. The third-order valence-corrected chi connectivity index (χ3v) is 4.14. The Hall–Kier alpha value is -2.11. The quantitative estimate of drug-likeness (QED) is 0.497. The topological polar surface area (TPSA) is 99.2 Å². The number of carbonyl (C=O) groups excluding carboxylic acids is 1. The molecule has 1 fully saturated rings. The van der Waals surface area contributed by atoms with Crippen LogP contribution < -0.4 is 11.1 Å². The first-order valence-corrected chi connectivity index (χ1v) is 8.34. The lowest BCUT2D eigenvalue weighted by Crippen LogP contribution is -2.32. The molecule has 1 aromatic carbocycles. The van der Waals surface area contributed by atoms with Gasteiger partial charge in [0.15, 0.2) is 0 Å². The van der Waals surface area contributed by atoms with E-state index in [2.05, 4.69) is 5.32 Å². The number of halogens is 1. The predicted octanol–water partition coefficient (Wildman–Crippen LogP) is 2.64. The van der Waals surface area contributed by atoms with E-state index in [9.17, 15) is 4.79 Å². The zero-order valence-electron chi connectivity index (χ0n) is 13.4. The van der Waals surface area contributed by atoms with Crippen LogP contribution in [0.5, 0.6) is 0 Å². The molecule has 5 N–H and O–H groups in total. The van der Waals surface area contributed by atoms with Crippen molar-refractivity contribution in [1.82, 2.24) is 5.32 Å². The van der Waals surface area contributed by atoms with Gasteiger partial charge in [-0.15, -0.1) is 0 Å². The van der Waals surface area contributed by atoms with E-state index in [4.69, 9.17) is 27.9 Å². The first-order chi connectivity index (χ1) is 11.5. The number of nitrogens with one attached hydrogen (secondary N) is 2. The summed E-state index contributed by atoms with van der Waals surface area (Å²) >= 11 is 6.01. The van der Waals surface area contributed by atoms with Crippen molar-refractivity contribution in [3.8, 4) is 0 Å². The molecule has 1 amide bonds. The molecule has 0 heterocycles. The fourth-order valence-electron chi connectivity index (χ4n) is 2.67. The summed E-state index contributed by atoms with van der Waals surface area (Å²) in [4.78, 5) is 12.0. The van der Waals surface area contributed by atoms with Crippen LogP contribution >= 0.6 is 11.6 Å². The first kappa shape index (κ1) is 18.2. The molecule has 0 radical (unpaired) electrons. The van der Waals surface area contributed by atoms with E-state index in [1.54, 1.807) is 6.07 Å². The highest BCUT2D eigenvalue weighted by atomic mass is 35.5. The van der Waals surface area contributed by atoms with E-state index >= 15 is 0 Å². The van der Waals surface area contributed by atoms with Crippen LogP contribution in [-0.2, 0) is 4.79 Å². The molecule has 2 rings (SSSR count). The molecular formula is C18H22ClN3O2. The molecule has 128 valence electrons. The van der Waals surface area contributed by atoms with Crippen LogP contribution in [0.3, 0.4) is 0 Å². The summed E-state index contributed by atoms with van der Waals surface area (Å²) in [5, 5.41) is 20.5. The molecule has 5 nitrogen and oxygen atoms in total. The third kappa shape index (κ3) is 4.69. The maximum atomic E-state index is 12.0. The Morgan fingerprint density at radius 2 is 2.12 bits per heavy atom. The molecule has 0 unspecified atom stereocenters. The maximum Gasteiger partial charge on any atom is 0.267 e. The number of benzene rings is 1. The van der Waals surface area contributed by atoms with Crippen LogP contribution in [-0.4, -0.2) is 29.9 Å². The highest BCUT2D eigenvalue weighted by molar-refractivity contribution is 6.30. The molecule has 24 heavy (non-hydrogen) atoms. The molecule has 1 saturated carbocycles. The fraction of sp³-hybridized carbons (Fsp3) is 0.333. The largest absolute Gasteiger partial charge is 0.395 e. The zero-order chi connectivity index (χ0) is 17.5. The number of hydrogen-bond acceptors (Lipinski definition) is 4. The maximum absolute atomic E-state index is 12.0. The average molecular weight is 348 g/mol. The van der Waals surface area contributed by atoms with Crippen molar-refractivity contribution in [1.29, 1.82) is 5.41 Å². The van der Waals surface area contributed by atoms with Gasteiger partial charge in [0, 0.05) is 17.1 Å². The van der Waals surface area contributed by atoms with Crippen LogP contribution in [0.1, 0.15) is 31.2 Å². The smallest absolute Gasteiger partial charge is 0.267 e. The van der Waals surface area contributed by atoms with Gasteiger partial charge in [0.05, 0.1) is 12.3 Å². The highest BCUT2D eigenvalue weighted by Crippen LogP contribution is 2.27. The molecular weight excluding hydrogens is 326 g/mol. The number of hydrogen-bond donors (Lipinski definition) is 4. The summed E-state index contributed by atoms with van der Waals surface area (Å²) in [6, 6.07) is 7.43. The lowest BCUT2D eigenvalue weighted by Gasteiger charge is -2.12. The van der Waals surface area contributed by atoms with E-state index in [1.807, 2.05) is 24.3 Å². The summed E-state index contributed by atoms with van der Waals surface area (Å²) < 4.78 is 0. The van der Waals surface area contributed by atoms with Crippen LogP contribution in [0.2, 0.25) is 5.02 Å². The van der Waals surface area contributed by atoms with Crippen molar-refractivity contribution < 1.29 is 9.90 Å². The van der Waals surface area contributed by atoms with Gasteiger partial charge in [-0.3, -0.25) is 4.79 Å². The number of aliphatic hydroxyl groups excluding tert-OH is 1. The Balaban J connectivity index is 2.32. The second-order valence-electron chi connectivity index (χ2n) is 5.68. The number of carbonyl (C=O) groups is 1. The van der Waals surface area contributed by atoms with Crippen molar-refractivity contribution in [2.75, 3.05) is 13.2 Å². The number of allylic oxidation sites excluding steroid dienone is 2. The van der Waals surface area contributed by atoms with Crippen molar-refractivity contribution >= 4 is 29.3 Å². The summed E-state index contributed by atoms with van der Waals surface area (Å²) in [5.41, 5.74) is 8.68. The number of nitrogens with two attached hydrogens (primary N) is 1. The van der Waals surface area contributed by atoms with Crippen LogP contribution in [0.4, 0.5) is 0 Å². The molecule has 0 spiro atoms. The number of amides is 1. The minimum Gasteiger partial charge on any atom is -0.395 e. The summed E-state index contributed by atoms with van der Waals surface area (Å²) in [6.07, 6.45) is 5.10. The van der Waals surface area contributed by atoms with E-state index < -0.39 is 5.91 Å². The molecule has 0 bridgehead atoms. The Kier molecular flexibility index (Phi) is 6.58. The van der Waals surface area contributed by atoms with Crippen LogP contribution in [0.15, 0.2) is 41.1 Å². The Morgan fingerprint density at radius 1 is 1.38 bits per heavy atom. The molecule has 0 atom stereocenters. The lowest BCUT2D eigenvalue weighted by molar-refractivity contribution is -0.117. The minimum absolute atomic E-state index is 0.0624. The van der Waals surface area contributed by atoms with Gasteiger partial charge in [0.1, 0.15) is 5.70 Å². The second-order valence-corrected chi connectivity index (χ2v) is 6.11. The van der Waals surface area contributed by atoms with Crippen molar-refractivity contribution in [2.45, 2.75) is 25.7 Å².